The number of nitrogens with zero attached hydrogens (tertiary/aromatic N) is 3. The molecule has 238 valence electrons. The minimum Gasteiger partial charge on any atom is -0.394 e. The minimum absolute atomic E-state index is 0.0968. The Morgan fingerprint density at radius 1 is 0.804 bits per heavy atom. The summed E-state index contributed by atoms with van der Waals surface area (Å²) < 4.78 is 7.15. The number of likely N-dealkylation sites (tertiary alicyclic amines) is 1. The number of carbonyl (C=O) groups excluding carboxylic acids is 3. The summed E-state index contributed by atoms with van der Waals surface area (Å²) in [5.41, 5.74) is -1.03. The van der Waals surface area contributed by atoms with Crippen molar-refractivity contribution in [3.05, 3.63) is 97.1 Å². The van der Waals surface area contributed by atoms with E-state index in [1.165, 1.54) is 0 Å². The molecule has 7 atom stereocenters. The number of amides is 3. The number of hydrogen-bond donors (Lipinski definition) is 1. The van der Waals surface area contributed by atoms with Gasteiger partial charge in [-0.05, 0) is 47.4 Å². The van der Waals surface area contributed by atoms with Crippen LogP contribution < -0.4 is 9.80 Å². The van der Waals surface area contributed by atoms with Gasteiger partial charge in [0, 0.05) is 24.5 Å². The maximum absolute atomic E-state index is 15.0. The van der Waals surface area contributed by atoms with Crippen LogP contribution in [0.1, 0.15) is 33.6 Å². The third-order valence-electron chi connectivity index (χ3n) is 10.8. The molecule has 4 aliphatic rings. The highest BCUT2D eigenvalue weighted by molar-refractivity contribution is 6.08. The maximum Gasteiger partial charge on any atom is 0.253 e. The van der Waals surface area contributed by atoms with Crippen LogP contribution in [0, 0.1) is 17.8 Å². The molecule has 0 saturated carbocycles. The highest BCUT2D eigenvalue weighted by atomic mass is 16.5. The number of aliphatic hydroxyl groups excluding tert-OH is 1. The van der Waals surface area contributed by atoms with Crippen molar-refractivity contribution in [3.63, 3.8) is 0 Å². The minimum atomic E-state index is -1.40. The van der Waals surface area contributed by atoms with Crippen LogP contribution in [0.15, 0.2) is 97.1 Å². The number of ether oxygens (including phenoxy) is 1. The summed E-state index contributed by atoms with van der Waals surface area (Å²) in [6, 6.07) is 21.7. The molecule has 3 aromatic carbocycles. The van der Waals surface area contributed by atoms with Crippen LogP contribution in [0.5, 0.6) is 0 Å². The Morgan fingerprint density at radius 2 is 1.48 bits per heavy atom. The van der Waals surface area contributed by atoms with Crippen molar-refractivity contribution in [2.45, 2.75) is 56.9 Å². The second kappa shape index (κ2) is 11.5. The molecule has 7 rings (SSSR count). The number of hydrogen-bond acceptors (Lipinski definition) is 5. The molecule has 46 heavy (non-hydrogen) atoms. The van der Waals surface area contributed by atoms with E-state index in [-0.39, 0.29) is 36.8 Å². The Morgan fingerprint density at radius 3 is 2.17 bits per heavy atom. The van der Waals surface area contributed by atoms with Crippen LogP contribution >= 0.6 is 0 Å². The van der Waals surface area contributed by atoms with Gasteiger partial charge in [0.2, 0.25) is 11.8 Å². The molecule has 2 saturated heterocycles. The van der Waals surface area contributed by atoms with Crippen LogP contribution in [-0.2, 0) is 19.1 Å². The number of aliphatic hydroxyl groups is 1. The van der Waals surface area contributed by atoms with Crippen molar-refractivity contribution < 1.29 is 24.2 Å². The van der Waals surface area contributed by atoms with Crippen molar-refractivity contribution in [3.8, 4) is 0 Å². The fourth-order valence-corrected chi connectivity index (χ4v) is 8.29. The third kappa shape index (κ3) is 4.37. The summed E-state index contributed by atoms with van der Waals surface area (Å²) in [4.78, 5) is 49.8. The predicted molar refractivity (Wildman–Crippen MR) is 178 cm³/mol. The molecule has 0 radical (unpaired) electrons. The van der Waals surface area contributed by atoms with Gasteiger partial charge in [-0.2, -0.15) is 0 Å². The average Bonchev–Trinajstić information content (AvgIpc) is 3.37. The number of carbonyl (C=O) groups is 3. The molecule has 2 fully saturated rings. The lowest BCUT2D eigenvalue weighted by Crippen LogP contribution is -2.60. The number of fused-ring (bicyclic) bond motifs is 3. The van der Waals surface area contributed by atoms with Gasteiger partial charge in [-0.25, -0.2) is 0 Å². The van der Waals surface area contributed by atoms with Crippen molar-refractivity contribution in [1.29, 1.82) is 0 Å². The summed E-state index contributed by atoms with van der Waals surface area (Å²) >= 11 is 0. The summed E-state index contributed by atoms with van der Waals surface area (Å²) in [6.07, 6.45) is 8.83. The van der Waals surface area contributed by atoms with Crippen molar-refractivity contribution in [2.24, 2.45) is 17.8 Å². The fraction of sp³-hybridized carbons (Fsp3) is 0.395. The molecule has 8 heteroatoms. The Labute approximate surface area is 269 Å². The van der Waals surface area contributed by atoms with E-state index in [0.29, 0.717) is 25.1 Å². The Hall–Kier alpha value is -4.27. The van der Waals surface area contributed by atoms with Crippen LogP contribution in [0.25, 0.3) is 10.8 Å². The summed E-state index contributed by atoms with van der Waals surface area (Å²) in [5.74, 6) is -2.71. The van der Waals surface area contributed by atoms with E-state index in [1.54, 1.807) is 14.7 Å². The second-order valence-corrected chi connectivity index (χ2v) is 13.1. The SMILES string of the molecule is CC[C@H](C)[C@H](CO)N1C(=O)[C@@H]2[C@@H]3C(=O)N(c4ccccc4)CC=C[C@]3(CC)O[C@@]23C=CCN(c2ccc4ccccc4c2)C(=O)C13. The van der Waals surface area contributed by atoms with Crippen molar-refractivity contribution in [1.82, 2.24) is 4.90 Å². The zero-order valence-electron chi connectivity index (χ0n) is 26.6. The van der Waals surface area contributed by atoms with Gasteiger partial charge < -0.3 is 24.5 Å². The summed E-state index contributed by atoms with van der Waals surface area (Å²) in [7, 11) is 0. The molecule has 3 aromatic rings. The molecule has 0 bridgehead atoms. The zero-order chi connectivity index (χ0) is 32.2. The maximum atomic E-state index is 15.0. The lowest BCUT2D eigenvalue weighted by Gasteiger charge is -2.42. The van der Waals surface area contributed by atoms with E-state index in [1.807, 2.05) is 118 Å². The van der Waals surface area contributed by atoms with E-state index in [0.717, 1.165) is 16.5 Å². The number of anilines is 2. The van der Waals surface area contributed by atoms with Gasteiger partial charge in [-0.1, -0.05) is 100 Å². The third-order valence-corrected chi connectivity index (χ3v) is 10.8. The highest BCUT2D eigenvalue weighted by Crippen LogP contribution is 2.59. The van der Waals surface area contributed by atoms with Crippen LogP contribution in [0.4, 0.5) is 11.4 Å². The summed E-state index contributed by atoms with van der Waals surface area (Å²) in [5, 5.41) is 12.8. The number of para-hydroxylation sites is 1. The molecular weight excluding hydrogens is 578 g/mol. The van der Waals surface area contributed by atoms with Crippen LogP contribution in [-0.4, -0.2) is 70.7 Å². The van der Waals surface area contributed by atoms with Gasteiger partial charge in [0.1, 0.15) is 11.6 Å². The molecule has 1 unspecified atom stereocenters. The first-order chi connectivity index (χ1) is 22.3. The zero-order valence-corrected chi connectivity index (χ0v) is 26.6. The van der Waals surface area contributed by atoms with Crippen LogP contribution in [0.3, 0.4) is 0 Å². The smallest absolute Gasteiger partial charge is 0.253 e. The fourth-order valence-electron chi connectivity index (χ4n) is 8.29. The van der Waals surface area contributed by atoms with E-state index < -0.39 is 35.1 Å². The van der Waals surface area contributed by atoms with E-state index in [4.69, 9.17) is 4.74 Å². The van der Waals surface area contributed by atoms with Crippen molar-refractivity contribution in [2.75, 3.05) is 29.5 Å². The van der Waals surface area contributed by atoms with Gasteiger partial charge >= 0.3 is 0 Å². The number of benzene rings is 3. The van der Waals surface area contributed by atoms with Gasteiger partial charge in [0.15, 0.2) is 0 Å². The number of rotatable bonds is 7. The predicted octanol–water partition coefficient (Wildman–Crippen LogP) is 5.11. The Bertz CT molecular complexity index is 1740. The lowest BCUT2D eigenvalue weighted by atomic mass is 9.73. The van der Waals surface area contributed by atoms with Gasteiger partial charge in [0.25, 0.3) is 5.91 Å². The second-order valence-electron chi connectivity index (χ2n) is 13.1. The first-order valence-electron chi connectivity index (χ1n) is 16.5. The van der Waals surface area contributed by atoms with E-state index in [2.05, 4.69) is 0 Å². The molecule has 3 amide bonds. The molecule has 0 aliphatic carbocycles. The largest absolute Gasteiger partial charge is 0.394 e. The molecule has 8 nitrogen and oxygen atoms in total. The Kier molecular flexibility index (Phi) is 7.60. The first-order valence-corrected chi connectivity index (χ1v) is 16.5. The molecule has 1 spiro atoms. The standard InChI is InChI=1S/C38H41N3O5/c1-4-25(3)30(24-42)41-33-36(45)40(29-18-17-26-13-9-10-14-27(26)23-29)22-12-20-38(33)32(35(41)44)31-34(43)39(28-15-7-6-8-16-28)21-11-19-37(31,5-2)46-38/h6-20,23,25,30-33,42H,4-5,21-22,24H2,1-3H3/t25-,30-,31+,32-,33?,37-,38-/m0/s1. The van der Waals surface area contributed by atoms with Gasteiger partial charge in [-0.3, -0.25) is 14.4 Å². The average molecular weight is 620 g/mol. The molecule has 0 aromatic heterocycles. The van der Waals surface area contributed by atoms with Gasteiger partial charge in [0.05, 0.1) is 30.1 Å². The molecule has 1 N–H and O–H groups in total. The Balaban J connectivity index is 1.39. The topological polar surface area (TPSA) is 90.4 Å². The molecular formula is C38H41N3O5. The van der Waals surface area contributed by atoms with Gasteiger partial charge in [-0.15, -0.1) is 0 Å². The quantitative estimate of drug-likeness (QED) is 0.371. The highest BCUT2D eigenvalue weighted by Gasteiger charge is 2.76. The lowest BCUT2D eigenvalue weighted by molar-refractivity contribution is -0.150. The van der Waals surface area contributed by atoms with Crippen molar-refractivity contribution >= 4 is 39.9 Å². The van der Waals surface area contributed by atoms with E-state index in [9.17, 15) is 14.7 Å². The monoisotopic (exact) mass is 619 g/mol. The first kappa shape index (κ1) is 30.4. The van der Waals surface area contributed by atoms with E-state index >= 15 is 4.79 Å². The normalized spacial score (nSPS) is 30.2. The molecule has 4 aliphatic heterocycles. The summed E-state index contributed by atoms with van der Waals surface area (Å²) in [6.45, 7) is 6.29. The molecule has 4 heterocycles. The van der Waals surface area contributed by atoms with Crippen LogP contribution in [0.2, 0.25) is 0 Å².